The van der Waals surface area contributed by atoms with Crippen molar-refractivity contribution in [2.75, 3.05) is 0 Å². The van der Waals surface area contributed by atoms with Gasteiger partial charge in [0, 0.05) is 42.6 Å². The summed E-state index contributed by atoms with van der Waals surface area (Å²) >= 11 is 1.60. The minimum Gasteiger partial charge on any atom is -0.305 e. The maximum atomic E-state index is 14.2. The molecule has 6 aromatic rings. The quantitative estimate of drug-likeness (QED) is 0.133. The molecule has 6 rings (SSSR count). The first-order valence-electron chi connectivity index (χ1n) is 13.1. The van der Waals surface area contributed by atoms with Crippen LogP contribution < -0.4 is 5.19 Å². The number of hydrogen-bond donors (Lipinski definition) is 0. The normalized spacial score (nSPS) is 11.3. The first-order valence-corrected chi connectivity index (χ1v) is 17.5. The van der Waals surface area contributed by atoms with E-state index in [0.29, 0.717) is 11.3 Å². The van der Waals surface area contributed by atoms with Gasteiger partial charge in [-0.2, -0.15) is 11.3 Å². The Morgan fingerprint density at radius 1 is 0.850 bits per heavy atom. The summed E-state index contributed by atoms with van der Waals surface area (Å²) in [5.74, 6) is 0.269. The van der Waals surface area contributed by atoms with Gasteiger partial charge in [0.15, 0.2) is 0 Å². The van der Waals surface area contributed by atoms with Gasteiger partial charge in [0.2, 0.25) is 0 Å². The number of aromatic nitrogens is 2. The number of thiophene rings is 1. The number of hydrogen-bond acceptors (Lipinski definition) is 3. The molecule has 3 heterocycles. The Morgan fingerprint density at radius 2 is 1.68 bits per heavy atom. The molecule has 0 unspecified atom stereocenters. The van der Waals surface area contributed by atoms with E-state index in [1.54, 1.807) is 17.4 Å². The third-order valence-electron chi connectivity index (χ3n) is 6.73. The third-order valence-corrected chi connectivity index (χ3v) is 9.94. The summed E-state index contributed by atoms with van der Waals surface area (Å²) in [6, 6.07) is 31.9. The van der Waals surface area contributed by atoms with Gasteiger partial charge in [0.1, 0.15) is 5.82 Å². The van der Waals surface area contributed by atoms with E-state index in [1.807, 2.05) is 60.9 Å². The van der Waals surface area contributed by atoms with Crippen molar-refractivity contribution in [2.45, 2.75) is 39.4 Å². The molecule has 205 valence electrons. The van der Waals surface area contributed by atoms with Crippen molar-refractivity contribution < 1.29 is 24.5 Å². The Labute approximate surface area is 254 Å². The number of pyridine rings is 2. The van der Waals surface area contributed by atoms with Gasteiger partial charge in [-0.3, -0.25) is 0 Å². The summed E-state index contributed by atoms with van der Waals surface area (Å²) in [6.45, 7) is 11.3. The van der Waals surface area contributed by atoms with Crippen LogP contribution in [0.25, 0.3) is 42.7 Å². The molecule has 0 saturated carbocycles. The number of benzene rings is 3. The topological polar surface area (TPSA) is 25.8 Å². The molecule has 0 aliphatic rings. The Hall–Kier alpha value is -3.02. The van der Waals surface area contributed by atoms with Crippen LogP contribution in [-0.4, -0.2) is 18.0 Å². The van der Waals surface area contributed by atoms with Crippen molar-refractivity contribution in [3.63, 3.8) is 0 Å². The molecule has 0 bridgehead atoms. The van der Waals surface area contributed by atoms with E-state index >= 15 is 0 Å². The van der Waals surface area contributed by atoms with Crippen LogP contribution in [0.2, 0.25) is 19.6 Å². The first-order chi connectivity index (χ1) is 18.7. The molecule has 0 spiro atoms. The van der Waals surface area contributed by atoms with Crippen LogP contribution in [0.4, 0.5) is 4.39 Å². The molecule has 0 N–H and O–H groups in total. The molecule has 0 aliphatic carbocycles. The Bertz CT molecular complexity index is 1730. The van der Waals surface area contributed by atoms with Crippen LogP contribution in [0.15, 0.2) is 91.3 Å². The van der Waals surface area contributed by atoms with Crippen molar-refractivity contribution >= 4 is 44.8 Å². The van der Waals surface area contributed by atoms with E-state index in [0.717, 1.165) is 37.3 Å². The summed E-state index contributed by atoms with van der Waals surface area (Å²) in [5.41, 5.74) is 5.15. The van der Waals surface area contributed by atoms with E-state index in [4.69, 9.17) is 0 Å². The number of rotatable bonds is 4. The molecule has 6 heteroatoms. The van der Waals surface area contributed by atoms with Gasteiger partial charge in [-0.1, -0.05) is 68.7 Å². The predicted molar refractivity (Wildman–Crippen MR) is 167 cm³/mol. The number of fused-ring (bicyclic) bond motifs is 3. The largest absolute Gasteiger partial charge is 0.305 e. The van der Waals surface area contributed by atoms with Crippen LogP contribution >= 0.6 is 11.3 Å². The Morgan fingerprint density at radius 3 is 2.35 bits per heavy atom. The van der Waals surface area contributed by atoms with Crippen LogP contribution in [0.1, 0.15) is 25.3 Å². The van der Waals surface area contributed by atoms with E-state index in [2.05, 4.69) is 73.8 Å². The fourth-order valence-corrected chi connectivity index (χ4v) is 6.69. The average Bonchev–Trinajstić information content (AvgIpc) is 3.34. The molecule has 1 radical (unpaired) electrons. The maximum absolute atomic E-state index is 14.2. The van der Waals surface area contributed by atoms with E-state index < -0.39 is 8.07 Å². The van der Waals surface area contributed by atoms with Crippen LogP contribution in [0.3, 0.4) is 0 Å². The molecule has 0 saturated heterocycles. The van der Waals surface area contributed by atoms with Gasteiger partial charge in [-0.05, 0) is 45.4 Å². The molecular weight excluding hydrogens is 708 g/mol. The zero-order valence-corrected chi connectivity index (χ0v) is 27.5. The second-order valence-corrected chi connectivity index (χ2v) is 17.0. The van der Waals surface area contributed by atoms with Crippen LogP contribution in [-0.2, 0) is 20.1 Å². The van der Waals surface area contributed by atoms with Crippen molar-refractivity contribution in [2.24, 2.45) is 0 Å². The van der Waals surface area contributed by atoms with Gasteiger partial charge in [-0.15, -0.1) is 59.7 Å². The summed E-state index contributed by atoms with van der Waals surface area (Å²) < 4.78 is 16.2. The first kappa shape index (κ1) is 29.9. The van der Waals surface area contributed by atoms with E-state index in [1.165, 1.54) is 16.8 Å². The monoisotopic (exact) mass is 739 g/mol. The predicted octanol–water partition coefficient (Wildman–Crippen LogP) is 9.27. The summed E-state index contributed by atoms with van der Waals surface area (Å²) in [7, 11) is -1.23. The number of halogens is 1. The molecule has 0 amide bonds. The van der Waals surface area contributed by atoms with Crippen molar-refractivity contribution in [3.05, 3.63) is 115 Å². The van der Waals surface area contributed by atoms with Crippen LogP contribution in [0, 0.1) is 17.9 Å². The molecule has 0 aliphatic heterocycles. The standard InChI is InChI=1S/C20H15FNS.C14H16NSi.Ir/c1-12(2)13-9-10-22-17(11-13)14-5-3-6-15-19-16(21)7-4-8-18(19)23-20(14)15;1-16(2,3)13-9-10-14(15-11-13)12-7-5-4-6-8-12;/h3-4,6-12H,1-2H3;4-7,9-11H,1-3H3;/q2*-1;. The number of nitrogens with zero attached hydrogens (tertiary/aromatic N) is 2. The summed E-state index contributed by atoms with van der Waals surface area (Å²) in [5, 5.41) is 3.03. The van der Waals surface area contributed by atoms with Crippen molar-refractivity contribution in [1.82, 2.24) is 9.97 Å². The molecule has 0 atom stereocenters. The minimum absolute atomic E-state index is 0. The maximum Gasteiger partial charge on any atom is 0.130 e. The van der Waals surface area contributed by atoms with Crippen molar-refractivity contribution in [3.8, 4) is 22.5 Å². The summed E-state index contributed by atoms with van der Waals surface area (Å²) in [4.78, 5) is 9.04. The fourth-order valence-electron chi connectivity index (χ4n) is 4.43. The molecule has 0 fully saturated rings. The molecule has 40 heavy (non-hydrogen) atoms. The van der Waals surface area contributed by atoms with Gasteiger partial charge in [0.05, 0.1) is 8.07 Å². The smallest absolute Gasteiger partial charge is 0.130 e. The van der Waals surface area contributed by atoms with E-state index in [9.17, 15) is 4.39 Å². The molecule has 2 nitrogen and oxygen atoms in total. The van der Waals surface area contributed by atoms with Gasteiger partial charge >= 0.3 is 0 Å². The summed E-state index contributed by atoms with van der Waals surface area (Å²) in [6.07, 6.45) is 3.85. The fraction of sp³-hybridized carbons (Fsp3) is 0.176. The molecular formula is C34H31FIrN2SSi-2. The average molecular weight is 739 g/mol. The van der Waals surface area contributed by atoms with E-state index in [-0.39, 0.29) is 25.9 Å². The minimum atomic E-state index is -1.23. The Kier molecular flexibility index (Phi) is 9.47. The van der Waals surface area contributed by atoms with Gasteiger partial charge in [-0.25, -0.2) is 4.39 Å². The zero-order valence-electron chi connectivity index (χ0n) is 23.3. The molecule has 3 aromatic heterocycles. The third kappa shape index (κ3) is 6.47. The Balaban J connectivity index is 0.000000192. The van der Waals surface area contributed by atoms with Gasteiger partial charge < -0.3 is 9.97 Å². The second-order valence-electron chi connectivity index (χ2n) is 10.9. The SMILES string of the molecule is CC(C)c1ccnc(-c2[c-]ccc3c2sc2cccc(F)c23)c1.C[Si](C)(C)c1ccc(-c2[c-]cccc2)nc1.[Ir]. The van der Waals surface area contributed by atoms with Crippen molar-refractivity contribution in [1.29, 1.82) is 0 Å². The second kappa shape index (κ2) is 12.7. The van der Waals surface area contributed by atoms with Crippen LogP contribution in [0.5, 0.6) is 0 Å². The zero-order chi connectivity index (χ0) is 27.6. The molecule has 3 aromatic carbocycles. The van der Waals surface area contributed by atoms with Gasteiger partial charge in [0.25, 0.3) is 0 Å².